The van der Waals surface area contributed by atoms with Gasteiger partial charge in [-0.25, -0.2) is 0 Å². The van der Waals surface area contributed by atoms with Crippen molar-refractivity contribution in [3.8, 4) is 6.07 Å². The molecule has 0 N–H and O–H groups in total. The molecule has 2 rings (SSSR count). The highest BCUT2D eigenvalue weighted by Gasteiger charge is 2.30. The molecule has 0 amide bonds. The van der Waals surface area contributed by atoms with E-state index in [-0.39, 0.29) is 0 Å². The van der Waals surface area contributed by atoms with Crippen molar-refractivity contribution in [1.29, 1.82) is 5.26 Å². The minimum absolute atomic E-state index is 0.355. The van der Waals surface area contributed by atoms with Crippen LogP contribution in [0.2, 0.25) is 0 Å². The zero-order valence-electron chi connectivity index (χ0n) is 17.9. The minimum atomic E-state index is 0.355. The topological polar surface area (TPSA) is 23.8 Å². The summed E-state index contributed by atoms with van der Waals surface area (Å²) in [5.74, 6) is 3.88. The largest absolute Gasteiger partial charge is 0.198 e. The highest BCUT2D eigenvalue weighted by Crippen LogP contribution is 2.41. The number of unbranched alkanes of at least 4 members (excludes halogenated alkanes) is 4. The van der Waals surface area contributed by atoms with Gasteiger partial charge < -0.3 is 0 Å². The van der Waals surface area contributed by atoms with E-state index in [1.165, 1.54) is 109 Å². The van der Waals surface area contributed by atoms with Gasteiger partial charge >= 0.3 is 0 Å². The van der Waals surface area contributed by atoms with Crippen LogP contribution < -0.4 is 0 Å². The van der Waals surface area contributed by atoms with E-state index in [0.717, 1.165) is 17.8 Å². The van der Waals surface area contributed by atoms with Crippen LogP contribution in [0.1, 0.15) is 123 Å². The van der Waals surface area contributed by atoms with Crippen molar-refractivity contribution >= 4 is 0 Å². The highest BCUT2D eigenvalue weighted by atomic mass is 14.4. The second-order valence-electron chi connectivity index (χ2n) is 9.63. The normalized spacial score (nSPS) is 30.7. The van der Waals surface area contributed by atoms with Gasteiger partial charge in [0.25, 0.3) is 0 Å². The average Bonchev–Trinajstić information content (AvgIpc) is 2.69. The Balaban J connectivity index is 1.64. The van der Waals surface area contributed by atoms with E-state index in [0.29, 0.717) is 11.8 Å². The Bertz CT molecular complexity index is 379. The standard InChI is InChI=1S/C25H45N/c1-3-5-7-8-10-22-11-13-23(14-12-22)19-25(20-26)24-17-15-21(16-18-24)9-6-4-2/h21-25H,3-19H2,1-2H3. The van der Waals surface area contributed by atoms with E-state index >= 15 is 0 Å². The van der Waals surface area contributed by atoms with Crippen molar-refractivity contribution in [1.82, 2.24) is 0 Å². The fourth-order valence-corrected chi connectivity index (χ4v) is 5.70. The summed E-state index contributed by atoms with van der Waals surface area (Å²) >= 11 is 0. The van der Waals surface area contributed by atoms with Crippen LogP contribution in [0, 0.1) is 40.9 Å². The molecule has 2 aliphatic rings. The van der Waals surface area contributed by atoms with Crippen molar-refractivity contribution in [3.05, 3.63) is 0 Å². The lowest BCUT2D eigenvalue weighted by Crippen LogP contribution is -2.24. The van der Waals surface area contributed by atoms with Crippen LogP contribution in [0.25, 0.3) is 0 Å². The number of nitriles is 1. The van der Waals surface area contributed by atoms with Gasteiger partial charge in [0, 0.05) is 5.92 Å². The van der Waals surface area contributed by atoms with Gasteiger partial charge in [0.15, 0.2) is 0 Å². The molecule has 0 bridgehead atoms. The lowest BCUT2D eigenvalue weighted by Gasteiger charge is -2.34. The molecule has 0 spiro atoms. The van der Waals surface area contributed by atoms with E-state index in [1.807, 2.05) is 0 Å². The summed E-state index contributed by atoms with van der Waals surface area (Å²) in [6.07, 6.45) is 23.7. The first kappa shape index (κ1) is 21.8. The monoisotopic (exact) mass is 359 g/mol. The van der Waals surface area contributed by atoms with Crippen LogP contribution in [-0.2, 0) is 0 Å². The average molecular weight is 360 g/mol. The van der Waals surface area contributed by atoms with Crippen molar-refractivity contribution in [2.75, 3.05) is 0 Å². The second-order valence-corrected chi connectivity index (χ2v) is 9.63. The Labute approximate surface area is 164 Å². The lowest BCUT2D eigenvalue weighted by molar-refractivity contribution is 0.177. The highest BCUT2D eigenvalue weighted by molar-refractivity contribution is 4.92. The van der Waals surface area contributed by atoms with E-state index in [1.54, 1.807) is 0 Å². The third kappa shape index (κ3) is 7.62. The van der Waals surface area contributed by atoms with Crippen LogP contribution >= 0.6 is 0 Å². The third-order valence-corrected chi connectivity index (χ3v) is 7.61. The van der Waals surface area contributed by atoms with Crippen molar-refractivity contribution in [2.24, 2.45) is 29.6 Å². The van der Waals surface area contributed by atoms with Crippen LogP contribution in [0.3, 0.4) is 0 Å². The zero-order valence-corrected chi connectivity index (χ0v) is 17.9. The number of rotatable bonds is 11. The van der Waals surface area contributed by atoms with Crippen molar-refractivity contribution in [2.45, 2.75) is 123 Å². The van der Waals surface area contributed by atoms with E-state index in [9.17, 15) is 5.26 Å². The van der Waals surface area contributed by atoms with Gasteiger partial charge in [-0.2, -0.15) is 5.26 Å². The van der Waals surface area contributed by atoms with E-state index < -0.39 is 0 Å². The summed E-state index contributed by atoms with van der Waals surface area (Å²) in [6.45, 7) is 4.60. The van der Waals surface area contributed by atoms with Gasteiger partial charge in [0.1, 0.15) is 0 Å². The fourth-order valence-electron chi connectivity index (χ4n) is 5.70. The van der Waals surface area contributed by atoms with Crippen molar-refractivity contribution < 1.29 is 0 Å². The molecule has 1 unspecified atom stereocenters. The van der Waals surface area contributed by atoms with Gasteiger partial charge in [-0.05, 0) is 42.9 Å². The molecule has 2 saturated carbocycles. The first-order valence-electron chi connectivity index (χ1n) is 12.2. The summed E-state index contributed by atoms with van der Waals surface area (Å²) < 4.78 is 0. The van der Waals surface area contributed by atoms with Gasteiger partial charge in [-0.15, -0.1) is 0 Å². The molecule has 0 aliphatic heterocycles. The molecule has 1 atom stereocenters. The van der Waals surface area contributed by atoms with Crippen molar-refractivity contribution in [3.63, 3.8) is 0 Å². The van der Waals surface area contributed by atoms with Gasteiger partial charge in [0.2, 0.25) is 0 Å². The molecule has 1 nitrogen and oxygen atoms in total. The Morgan fingerprint density at radius 2 is 1.23 bits per heavy atom. The van der Waals surface area contributed by atoms with Crippen LogP contribution in [0.5, 0.6) is 0 Å². The van der Waals surface area contributed by atoms with Crippen LogP contribution in [-0.4, -0.2) is 0 Å². The lowest BCUT2D eigenvalue weighted by atomic mass is 9.70. The molecule has 0 aromatic heterocycles. The first-order chi connectivity index (χ1) is 12.8. The molecule has 0 radical (unpaired) electrons. The smallest absolute Gasteiger partial charge is 0.0658 e. The summed E-state index contributed by atoms with van der Waals surface area (Å²) in [5.41, 5.74) is 0. The van der Waals surface area contributed by atoms with E-state index in [4.69, 9.17) is 0 Å². The molecule has 1 heteroatoms. The Kier molecular flexibility index (Phi) is 10.7. The molecule has 26 heavy (non-hydrogen) atoms. The molecule has 0 aromatic rings. The molecule has 0 heterocycles. The fraction of sp³-hybridized carbons (Fsp3) is 0.960. The molecule has 2 fully saturated rings. The minimum Gasteiger partial charge on any atom is -0.198 e. The summed E-state index contributed by atoms with van der Waals surface area (Å²) in [4.78, 5) is 0. The summed E-state index contributed by atoms with van der Waals surface area (Å²) in [6, 6.07) is 2.74. The molecular weight excluding hydrogens is 314 g/mol. The molecule has 2 aliphatic carbocycles. The zero-order chi connectivity index (χ0) is 18.6. The van der Waals surface area contributed by atoms with Crippen LogP contribution in [0.15, 0.2) is 0 Å². The number of hydrogen-bond acceptors (Lipinski definition) is 1. The Hall–Kier alpha value is -0.510. The summed E-state index contributed by atoms with van der Waals surface area (Å²) in [7, 11) is 0. The Morgan fingerprint density at radius 3 is 1.81 bits per heavy atom. The maximum Gasteiger partial charge on any atom is 0.0658 e. The van der Waals surface area contributed by atoms with Gasteiger partial charge in [-0.1, -0.05) is 104 Å². The third-order valence-electron chi connectivity index (χ3n) is 7.61. The number of nitrogens with zero attached hydrogens (tertiary/aromatic N) is 1. The molecule has 0 saturated heterocycles. The Morgan fingerprint density at radius 1 is 0.692 bits per heavy atom. The molecule has 150 valence electrons. The SMILES string of the molecule is CCCCCCC1CCC(CC(C#N)C2CCC(CCCC)CC2)CC1. The van der Waals surface area contributed by atoms with Gasteiger partial charge in [0.05, 0.1) is 6.07 Å². The maximum atomic E-state index is 9.78. The molecule has 0 aromatic carbocycles. The quantitative estimate of drug-likeness (QED) is 0.340. The van der Waals surface area contributed by atoms with Gasteiger partial charge in [-0.3, -0.25) is 0 Å². The molecular formula is C25H45N. The predicted octanol–water partition coefficient (Wildman–Crippen LogP) is 8.29. The summed E-state index contributed by atoms with van der Waals surface area (Å²) in [5, 5.41) is 9.78. The number of hydrogen-bond donors (Lipinski definition) is 0. The van der Waals surface area contributed by atoms with Crippen LogP contribution in [0.4, 0.5) is 0 Å². The maximum absolute atomic E-state index is 9.78. The predicted molar refractivity (Wildman–Crippen MR) is 113 cm³/mol. The van der Waals surface area contributed by atoms with E-state index in [2.05, 4.69) is 19.9 Å². The second kappa shape index (κ2) is 12.8. The first-order valence-corrected chi connectivity index (χ1v) is 12.2.